The fourth-order valence-electron chi connectivity index (χ4n) is 4.69. The fourth-order valence-corrected chi connectivity index (χ4v) is 4.69. The molecule has 198 valence electrons. The molecule has 7 nitrogen and oxygen atoms in total. The number of fused-ring (bicyclic) bond motifs is 1. The number of nitrogens with zero attached hydrogens (tertiary/aromatic N) is 1. The third-order valence-electron chi connectivity index (χ3n) is 6.61. The van der Waals surface area contributed by atoms with Crippen molar-refractivity contribution in [3.63, 3.8) is 0 Å². The number of anilines is 1. The molecule has 3 amide bonds. The van der Waals surface area contributed by atoms with Gasteiger partial charge in [0.25, 0.3) is 0 Å². The van der Waals surface area contributed by atoms with Gasteiger partial charge in [0.05, 0.1) is 0 Å². The number of amides is 3. The molecule has 4 rings (SSSR count). The molecule has 0 fully saturated rings. The van der Waals surface area contributed by atoms with Crippen LogP contribution >= 0.6 is 0 Å². The quantitative estimate of drug-likeness (QED) is 0.431. The van der Waals surface area contributed by atoms with E-state index in [-0.39, 0.29) is 24.8 Å². The molecule has 3 aromatic rings. The van der Waals surface area contributed by atoms with Crippen LogP contribution in [0.3, 0.4) is 0 Å². The Kier molecular flexibility index (Phi) is 8.79. The van der Waals surface area contributed by atoms with Crippen LogP contribution in [0.15, 0.2) is 84.9 Å². The third kappa shape index (κ3) is 7.44. The third-order valence-corrected chi connectivity index (χ3v) is 6.61. The molecular weight excluding hydrogens is 478 g/mol. The number of hydrogen-bond acceptors (Lipinski definition) is 4. The van der Waals surface area contributed by atoms with Gasteiger partial charge in [0.15, 0.2) is 0 Å². The zero-order valence-electron chi connectivity index (χ0n) is 22.0. The van der Waals surface area contributed by atoms with E-state index in [1.165, 1.54) is 0 Å². The Bertz CT molecular complexity index is 1240. The lowest BCUT2D eigenvalue weighted by Gasteiger charge is -2.28. The number of rotatable bonds is 9. The molecule has 38 heavy (non-hydrogen) atoms. The van der Waals surface area contributed by atoms with Crippen molar-refractivity contribution in [1.82, 2.24) is 10.6 Å². The minimum absolute atomic E-state index is 0.00812. The van der Waals surface area contributed by atoms with Crippen molar-refractivity contribution < 1.29 is 19.1 Å². The van der Waals surface area contributed by atoms with Gasteiger partial charge in [-0.1, -0.05) is 78.9 Å². The largest absolute Gasteiger partial charge is 0.445 e. The molecular formula is C31H35N3O4. The number of nitrogens with one attached hydrogen (secondary N) is 2. The summed E-state index contributed by atoms with van der Waals surface area (Å²) in [6, 6.07) is 26.7. The molecule has 0 bridgehead atoms. The molecule has 3 aromatic carbocycles. The van der Waals surface area contributed by atoms with E-state index in [4.69, 9.17) is 4.74 Å². The number of aryl methyl sites for hydroxylation is 1. The van der Waals surface area contributed by atoms with Crippen molar-refractivity contribution >= 4 is 23.6 Å². The number of carbonyl (C=O) groups excluding carboxylic acids is 3. The molecule has 0 saturated heterocycles. The number of benzene rings is 3. The summed E-state index contributed by atoms with van der Waals surface area (Å²) in [6.07, 6.45) is 1.32. The second-order valence-corrected chi connectivity index (χ2v) is 10.3. The molecule has 1 unspecified atom stereocenters. The number of para-hydroxylation sites is 1. The van der Waals surface area contributed by atoms with Crippen LogP contribution in [0, 0.1) is 0 Å². The molecule has 0 saturated carbocycles. The molecule has 2 N–H and O–H groups in total. The summed E-state index contributed by atoms with van der Waals surface area (Å²) in [4.78, 5) is 40.8. The summed E-state index contributed by atoms with van der Waals surface area (Å²) < 4.78 is 5.30. The molecule has 7 heteroatoms. The lowest BCUT2D eigenvalue weighted by Crippen LogP contribution is -2.52. The highest BCUT2D eigenvalue weighted by Crippen LogP contribution is 2.27. The van der Waals surface area contributed by atoms with E-state index in [1.807, 2.05) is 84.9 Å². The Labute approximate surface area is 224 Å². The Morgan fingerprint density at radius 2 is 1.55 bits per heavy atom. The minimum Gasteiger partial charge on any atom is -0.445 e. The van der Waals surface area contributed by atoms with Crippen molar-refractivity contribution in [3.8, 4) is 0 Å². The molecule has 1 atom stereocenters. The second kappa shape index (κ2) is 12.4. The molecule has 0 radical (unpaired) electrons. The zero-order valence-corrected chi connectivity index (χ0v) is 22.0. The van der Waals surface area contributed by atoms with Gasteiger partial charge in [0, 0.05) is 24.2 Å². The van der Waals surface area contributed by atoms with Gasteiger partial charge in [-0.3, -0.25) is 9.59 Å². The van der Waals surface area contributed by atoms with Crippen molar-refractivity contribution in [2.45, 2.75) is 57.7 Å². The van der Waals surface area contributed by atoms with Crippen LogP contribution in [0.25, 0.3) is 0 Å². The Balaban J connectivity index is 1.36. The summed E-state index contributed by atoms with van der Waals surface area (Å²) in [5, 5.41) is 5.70. The average Bonchev–Trinajstić information content (AvgIpc) is 3.03. The molecule has 1 aliphatic heterocycles. The van der Waals surface area contributed by atoms with E-state index in [1.54, 1.807) is 18.7 Å². The fraction of sp³-hybridized carbons (Fsp3) is 0.323. The van der Waals surface area contributed by atoms with E-state index in [2.05, 4.69) is 10.6 Å². The lowest BCUT2D eigenvalue weighted by molar-refractivity contribution is -0.128. The predicted molar refractivity (Wildman–Crippen MR) is 148 cm³/mol. The first kappa shape index (κ1) is 26.9. The number of carbonyl (C=O) groups is 3. The standard InChI is InChI=1S/C31H35N3O4/c1-31(2,33-30(37)38-22-24-13-7-4-8-14-24)21-28(35)32-26-18-17-25-15-9-10-16-27(25)34(29(26)36)20-19-23-11-5-3-6-12-23/h3-16,26H,17-22H2,1-2H3,(H,32,35)(H,33,37). The molecule has 0 aliphatic carbocycles. The van der Waals surface area contributed by atoms with Gasteiger partial charge >= 0.3 is 6.09 Å². The molecule has 1 aliphatic rings. The van der Waals surface area contributed by atoms with E-state index in [9.17, 15) is 14.4 Å². The molecule has 0 spiro atoms. The summed E-state index contributed by atoms with van der Waals surface area (Å²) in [5.41, 5.74) is 3.15. The smallest absolute Gasteiger partial charge is 0.407 e. The maximum Gasteiger partial charge on any atom is 0.407 e. The SMILES string of the molecule is CC(C)(CC(=O)NC1CCc2ccccc2N(CCc2ccccc2)C1=O)NC(=O)OCc1ccccc1. The average molecular weight is 514 g/mol. The van der Waals surface area contributed by atoms with Gasteiger partial charge in [-0.2, -0.15) is 0 Å². The predicted octanol–water partition coefficient (Wildman–Crippen LogP) is 4.79. The monoisotopic (exact) mass is 513 g/mol. The van der Waals surface area contributed by atoms with Crippen molar-refractivity contribution in [2.24, 2.45) is 0 Å². The first-order chi connectivity index (χ1) is 18.3. The normalized spacial score (nSPS) is 15.3. The van der Waals surface area contributed by atoms with Gasteiger partial charge < -0.3 is 20.3 Å². The topological polar surface area (TPSA) is 87.7 Å². The summed E-state index contributed by atoms with van der Waals surface area (Å²) in [5.74, 6) is -0.419. The van der Waals surface area contributed by atoms with E-state index in [0.29, 0.717) is 25.8 Å². The van der Waals surface area contributed by atoms with Crippen LogP contribution < -0.4 is 15.5 Å². The Morgan fingerprint density at radius 3 is 2.26 bits per heavy atom. The van der Waals surface area contributed by atoms with Gasteiger partial charge in [0.1, 0.15) is 12.6 Å². The van der Waals surface area contributed by atoms with Gasteiger partial charge in [-0.25, -0.2) is 4.79 Å². The first-order valence-electron chi connectivity index (χ1n) is 13.0. The lowest BCUT2D eigenvalue weighted by atomic mass is 9.99. The van der Waals surface area contributed by atoms with Gasteiger partial charge in [-0.15, -0.1) is 0 Å². The maximum atomic E-state index is 13.6. The number of ether oxygens (including phenoxy) is 1. The van der Waals surface area contributed by atoms with Crippen LogP contribution in [0.1, 0.15) is 43.4 Å². The summed E-state index contributed by atoms with van der Waals surface area (Å²) in [7, 11) is 0. The Morgan fingerprint density at radius 1 is 0.921 bits per heavy atom. The zero-order chi connectivity index (χ0) is 27.0. The maximum absolute atomic E-state index is 13.6. The highest BCUT2D eigenvalue weighted by atomic mass is 16.5. The van der Waals surface area contributed by atoms with Crippen LogP contribution in [-0.4, -0.2) is 36.0 Å². The number of alkyl carbamates (subject to hydrolysis) is 1. The van der Waals surface area contributed by atoms with Crippen LogP contribution in [0.4, 0.5) is 10.5 Å². The van der Waals surface area contributed by atoms with Gasteiger partial charge in [-0.05, 0) is 55.9 Å². The summed E-state index contributed by atoms with van der Waals surface area (Å²) >= 11 is 0. The highest BCUT2D eigenvalue weighted by Gasteiger charge is 2.33. The van der Waals surface area contributed by atoms with E-state index < -0.39 is 17.7 Å². The first-order valence-corrected chi connectivity index (χ1v) is 13.0. The van der Waals surface area contributed by atoms with Crippen LogP contribution in [-0.2, 0) is 33.8 Å². The van der Waals surface area contributed by atoms with Crippen molar-refractivity contribution in [3.05, 3.63) is 102 Å². The van der Waals surface area contributed by atoms with Crippen molar-refractivity contribution in [2.75, 3.05) is 11.4 Å². The minimum atomic E-state index is -0.860. The molecule has 0 aromatic heterocycles. The van der Waals surface area contributed by atoms with Gasteiger partial charge in [0.2, 0.25) is 11.8 Å². The van der Waals surface area contributed by atoms with E-state index >= 15 is 0 Å². The van der Waals surface area contributed by atoms with Crippen molar-refractivity contribution in [1.29, 1.82) is 0 Å². The Hall–Kier alpha value is -4.13. The summed E-state index contributed by atoms with van der Waals surface area (Å²) in [6.45, 7) is 4.18. The van der Waals surface area contributed by atoms with Crippen LogP contribution in [0.5, 0.6) is 0 Å². The van der Waals surface area contributed by atoms with E-state index in [0.717, 1.165) is 22.4 Å². The second-order valence-electron chi connectivity index (χ2n) is 10.3. The highest BCUT2D eigenvalue weighted by molar-refractivity contribution is 6.00. The number of hydrogen-bond donors (Lipinski definition) is 2. The van der Waals surface area contributed by atoms with Crippen LogP contribution in [0.2, 0.25) is 0 Å². The molecule has 1 heterocycles.